The second-order valence-corrected chi connectivity index (χ2v) is 5.70. The maximum absolute atomic E-state index is 12.0. The van der Waals surface area contributed by atoms with Crippen LogP contribution in [0, 0.1) is 0 Å². The molecule has 0 fully saturated rings. The zero-order valence-corrected chi connectivity index (χ0v) is 11.2. The Labute approximate surface area is 108 Å². The molecule has 0 aliphatic heterocycles. The first-order valence-electron chi connectivity index (χ1n) is 5.36. The highest BCUT2D eigenvalue weighted by molar-refractivity contribution is 7.19. The van der Waals surface area contributed by atoms with Gasteiger partial charge in [0, 0.05) is 12.4 Å². The van der Waals surface area contributed by atoms with Crippen LogP contribution < -0.4 is 5.73 Å². The van der Waals surface area contributed by atoms with Crippen LogP contribution in [0.15, 0.2) is 12.4 Å². The molecule has 0 atom stereocenters. The number of nitrogens with one attached hydrogen (secondary N) is 1. The molecule has 0 bridgehead atoms. The van der Waals surface area contributed by atoms with Gasteiger partial charge in [0.2, 0.25) is 0 Å². The minimum absolute atomic E-state index is 0.197. The fourth-order valence-corrected chi connectivity index (χ4v) is 2.13. The zero-order valence-electron chi connectivity index (χ0n) is 10.4. The van der Waals surface area contributed by atoms with Crippen molar-refractivity contribution in [2.75, 3.05) is 5.73 Å². The average Bonchev–Trinajstić information content (AvgIpc) is 2.82. The van der Waals surface area contributed by atoms with Gasteiger partial charge in [-0.1, -0.05) is 11.3 Å². The monoisotopic (exact) mass is 266 g/mol. The second kappa shape index (κ2) is 4.41. The Bertz CT molecular complexity index is 554. The highest BCUT2D eigenvalue weighted by atomic mass is 32.1. The number of aromatic nitrogens is 3. The van der Waals surface area contributed by atoms with Crippen LogP contribution in [0.1, 0.15) is 31.3 Å². The van der Waals surface area contributed by atoms with E-state index in [4.69, 9.17) is 10.5 Å². The Morgan fingerprint density at radius 2 is 2.22 bits per heavy atom. The van der Waals surface area contributed by atoms with E-state index < -0.39 is 11.6 Å². The van der Waals surface area contributed by atoms with Crippen molar-refractivity contribution in [1.82, 2.24) is 15.0 Å². The van der Waals surface area contributed by atoms with Crippen LogP contribution in [0.25, 0.3) is 10.7 Å². The first-order chi connectivity index (χ1) is 8.37. The molecule has 18 heavy (non-hydrogen) atoms. The standard InChI is InChI=1S/C11H14N4O2S/c1-11(2,3)17-9(16)6-7(18-10(12)15-6)8-13-4-5-14-8/h4-5H,1-3H3,(H2,12,15)(H,13,14). The summed E-state index contributed by atoms with van der Waals surface area (Å²) in [7, 11) is 0. The molecule has 2 aromatic rings. The van der Waals surface area contributed by atoms with Crippen molar-refractivity contribution >= 4 is 22.4 Å². The molecule has 2 aromatic heterocycles. The first-order valence-corrected chi connectivity index (χ1v) is 6.18. The molecule has 7 heteroatoms. The molecule has 0 amide bonds. The number of esters is 1. The first kappa shape index (κ1) is 12.6. The summed E-state index contributed by atoms with van der Waals surface area (Å²) in [6.07, 6.45) is 3.27. The van der Waals surface area contributed by atoms with Crippen molar-refractivity contribution < 1.29 is 9.53 Å². The average molecular weight is 266 g/mol. The van der Waals surface area contributed by atoms with Crippen LogP contribution in [0.2, 0.25) is 0 Å². The topological polar surface area (TPSA) is 93.9 Å². The molecule has 0 saturated carbocycles. The van der Waals surface area contributed by atoms with Crippen LogP contribution in [0.3, 0.4) is 0 Å². The Balaban J connectivity index is 2.37. The van der Waals surface area contributed by atoms with Crippen molar-refractivity contribution in [3.8, 4) is 10.7 Å². The maximum Gasteiger partial charge on any atom is 0.359 e. The molecule has 2 heterocycles. The molecule has 0 spiro atoms. The third kappa shape index (κ3) is 2.67. The molecule has 2 rings (SSSR count). The fourth-order valence-electron chi connectivity index (χ4n) is 1.35. The lowest BCUT2D eigenvalue weighted by molar-refractivity contribution is 0.00647. The number of nitrogens with two attached hydrogens (primary N) is 1. The summed E-state index contributed by atoms with van der Waals surface area (Å²) in [5.41, 5.74) is 5.27. The third-order valence-electron chi connectivity index (χ3n) is 1.95. The van der Waals surface area contributed by atoms with Crippen LogP contribution >= 0.6 is 11.3 Å². The maximum atomic E-state index is 12.0. The molecule has 0 saturated heterocycles. The summed E-state index contributed by atoms with van der Waals surface area (Å²) in [6, 6.07) is 0. The number of H-pyrrole nitrogens is 1. The summed E-state index contributed by atoms with van der Waals surface area (Å²) in [5.74, 6) is 0.0620. The Morgan fingerprint density at radius 1 is 1.50 bits per heavy atom. The lowest BCUT2D eigenvalue weighted by atomic mass is 10.2. The molecular formula is C11H14N4O2S. The third-order valence-corrected chi connectivity index (χ3v) is 2.84. The van der Waals surface area contributed by atoms with Gasteiger partial charge in [-0.05, 0) is 20.8 Å². The fraction of sp³-hybridized carbons (Fsp3) is 0.364. The Hall–Kier alpha value is -1.89. The largest absolute Gasteiger partial charge is 0.455 e. The van der Waals surface area contributed by atoms with Crippen molar-refractivity contribution in [2.24, 2.45) is 0 Å². The number of thiazole rings is 1. The number of anilines is 1. The number of carbonyl (C=O) groups is 1. The van der Waals surface area contributed by atoms with E-state index in [2.05, 4.69) is 15.0 Å². The van der Waals surface area contributed by atoms with E-state index in [1.807, 2.05) is 0 Å². The Morgan fingerprint density at radius 3 is 2.78 bits per heavy atom. The SMILES string of the molecule is CC(C)(C)OC(=O)c1nc(N)sc1-c1ncc[nH]1. The van der Waals surface area contributed by atoms with Crippen LogP contribution in [0.5, 0.6) is 0 Å². The van der Waals surface area contributed by atoms with Crippen LogP contribution in [-0.2, 0) is 4.74 Å². The molecular weight excluding hydrogens is 252 g/mol. The van der Waals surface area contributed by atoms with Gasteiger partial charge in [0.05, 0.1) is 0 Å². The van der Waals surface area contributed by atoms with E-state index in [0.717, 1.165) is 0 Å². The summed E-state index contributed by atoms with van der Waals surface area (Å²) in [6.45, 7) is 5.40. The van der Waals surface area contributed by atoms with Gasteiger partial charge in [0.1, 0.15) is 16.3 Å². The predicted molar refractivity (Wildman–Crippen MR) is 69.3 cm³/mol. The van der Waals surface area contributed by atoms with Gasteiger partial charge in [0.25, 0.3) is 0 Å². The molecule has 0 unspecified atom stereocenters. The molecule has 6 nitrogen and oxygen atoms in total. The van der Waals surface area contributed by atoms with Gasteiger partial charge < -0.3 is 15.5 Å². The number of hydrogen-bond acceptors (Lipinski definition) is 6. The molecule has 0 aromatic carbocycles. The summed E-state index contributed by atoms with van der Waals surface area (Å²) in [5, 5.41) is 0.308. The van der Waals surface area contributed by atoms with E-state index >= 15 is 0 Å². The van der Waals surface area contributed by atoms with E-state index in [0.29, 0.717) is 15.8 Å². The van der Waals surface area contributed by atoms with Crippen molar-refractivity contribution in [1.29, 1.82) is 0 Å². The van der Waals surface area contributed by atoms with E-state index in [9.17, 15) is 4.79 Å². The van der Waals surface area contributed by atoms with Gasteiger partial charge in [-0.2, -0.15) is 0 Å². The van der Waals surface area contributed by atoms with E-state index in [-0.39, 0.29) is 5.69 Å². The summed E-state index contributed by atoms with van der Waals surface area (Å²) >= 11 is 1.20. The number of rotatable bonds is 2. The van der Waals surface area contributed by atoms with Crippen molar-refractivity contribution in [3.05, 3.63) is 18.1 Å². The number of imidazole rings is 1. The van der Waals surface area contributed by atoms with Gasteiger partial charge in [0.15, 0.2) is 10.8 Å². The number of carbonyl (C=O) groups excluding carboxylic acids is 1. The number of nitrogens with zero attached hydrogens (tertiary/aromatic N) is 2. The second-order valence-electron chi connectivity index (χ2n) is 4.67. The highest BCUT2D eigenvalue weighted by Gasteiger charge is 2.25. The van der Waals surface area contributed by atoms with Crippen molar-refractivity contribution in [2.45, 2.75) is 26.4 Å². The predicted octanol–water partition coefficient (Wildman–Crippen LogP) is 2.07. The lowest BCUT2D eigenvalue weighted by Crippen LogP contribution is -2.24. The van der Waals surface area contributed by atoms with Gasteiger partial charge in [-0.15, -0.1) is 0 Å². The lowest BCUT2D eigenvalue weighted by Gasteiger charge is -2.18. The zero-order chi connectivity index (χ0) is 13.3. The van der Waals surface area contributed by atoms with Crippen LogP contribution in [0.4, 0.5) is 5.13 Å². The minimum Gasteiger partial charge on any atom is -0.455 e. The number of aromatic amines is 1. The van der Waals surface area contributed by atoms with Crippen molar-refractivity contribution in [3.63, 3.8) is 0 Å². The number of hydrogen-bond donors (Lipinski definition) is 2. The molecule has 96 valence electrons. The Kier molecular flexibility index (Phi) is 3.08. The molecule has 3 N–H and O–H groups in total. The summed E-state index contributed by atoms with van der Waals surface area (Å²) in [4.78, 5) is 23.6. The minimum atomic E-state index is -0.574. The van der Waals surface area contributed by atoms with Gasteiger partial charge >= 0.3 is 5.97 Å². The smallest absolute Gasteiger partial charge is 0.359 e. The highest BCUT2D eigenvalue weighted by Crippen LogP contribution is 2.30. The van der Waals surface area contributed by atoms with E-state index in [1.54, 1.807) is 33.2 Å². The molecule has 0 aliphatic carbocycles. The van der Waals surface area contributed by atoms with Gasteiger partial charge in [-0.25, -0.2) is 14.8 Å². The molecule has 0 radical (unpaired) electrons. The number of ether oxygens (including phenoxy) is 1. The normalized spacial score (nSPS) is 11.5. The van der Waals surface area contributed by atoms with E-state index in [1.165, 1.54) is 11.3 Å². The van der Waals surface area contributed by atoms with Crippen LogP contribution in [-0.4, -0.2) is 26.5 Å². The van der Waals surface area contributed by atoms with Gasteiger partial charge in [-0.3, -0.25) is 0 Å². The summed E-state index contributed by atoms with van der Waals surface area (Å²) < 4.78 is 5.28. The molecule has 0 aliphatic rings. The number of nitrogen functional groups attached to an aromatic ring is 1. The quantitative estimate of drug-likeness (QED) is 0.811.